The normalized spacial score (nSPS) is 10.3. The van der Waals surface area contributed by atoms with Crippen LogP contribution in [0.25, 0.3) is 0 Å². The van der Waals surface area contributed by atoms with Crippen LogP contribution in [0.2, 0.25) is 0 Å². The molecular weight excluding hydrogens is 272 g/mol. The second kappa shape index (κ2) is 6.71. The Morgan fingerprint density at radius 3 is 2.67 bits per heavy atom. The summed E-state index contributed by atoms with van der Waals surface area (Å²) in [7, 11) is 1.47. The quantitative estimate of drug-likeness (QED) is 0.630. The molecule has 0 atom stereocenters. The van der Waals surface area contributed by atoms with Gasteiger partial charge in [0.05, 0.1) is 18.1 Å². The number of phenols is 1. The number of nitrogens with one attached hydrogen (secondary N) is 1. The first-order chi connectivity index (χ1) is 10.1. The van der Waals surface area contributed by atoms with Crippen LogP contribution in [0.3, 0.4) is 0 Å². The van der Waals surface area contributed by atoms with Crippen LogP contribution in [0, 0.1) is 10.1 Å². The van der Waals surface area contributed by atoms with Crippen molar-refractivity contribution in [2.45, 2.75) is 13.1 Å². The Morgan fingerprint density at radius 1 is 1.24 bits per heavy atom. The number of aromatic hydroxyl groups is 1. The van der Waals surface area contributed by atoms with Crippen molar-refractivity contribution in [3.05, 3.63) is 63.7 Å². The number of hydrogen-bond donors (Lipinski definition) is 2. The molecule has 6 heteroatoms. The number of methoxy groups -OCH3 is 1. The summed E-state index contributed by atoms with van der Waals surface area (Å²) in [6.07, 6.45) is 0. The number of para-hydroxylation sites is 1. The average molecular weight is 288 g/mol. The predicted molar refractivity (Wildman–Crippen MR) is 78.3 cm³/mol. The summed E-state index contributed by atoms with van der Waals surface area (Å²) in [5.74, 6) is 0.671. The van der Waals surface area contributed by atoms with Crippen LogP contribution in [0.1, 0.15) is 11.1 Å². The van der Waals surface area contributed by atoms with Crippen molar-refractivity contribution < 1.29 is 14.8 Å². The van der Waals surface area contributed by atoms with Crippen LogP contribution in [0.15, 0.2) is 42.5 Å². The highest BCUT2D eigenvalue weighted by atomic mass is 16.6. The van der Waals surface area contributed by atoms with E-state index in [9.17, 15) is 15.2 Å². The van der Waals surface area contributed by atoms with E-state index in [2.05, 4.69) is 5.32 Å². The summed E-state index contributed by atoms with van der Waals surface area (Å²) in [5, 5.41) is 23.7. The molecule has 2 rings (SSSR count). The van der Waals surface area contributed by atoms with Crippen LogP contribution in [-0.4, -0.2) is 17.1 Å². The first-order valence-corrected chi connectivity index (χ1v) is 6.40. The van der Waals surface area contributed by atoms with Gasteiger partial charge in [-0.1, -0.05) is 18.2 Å². The Balaban J connectivity index is 2.04. The van der Waals surface area contributed by atoms with E-state index in [4.69, 9.17) is 4.74 Å². The molecule has 0 unspecified atom stereocenters. The summed E-state index contributed by atoms with van der Waals surface area (Å²) >= 11 is 0. The van der Waals surface area contributed by atoms with E-state index < -0.39 is 4.92 Å². The van der Waals surface area contributed by atoms with Gasteiger partial charge in [-0.2, -0.15) is 0 Å². The molecule has 2 aromatic carbocycles. The highest BCUT2D eigenvalue weighted by molar-refractivity contribution is 5.42. The lowest BCUT2D eigenvalue weighted by Gasteiger charge is -2.08. The molecule has 2 N–H and O–H groups in total. The van der Waals surface area contributed by atoms with Gasteiger partial charge < -0.3 is 15.2 Å². The molecule has 0 aliphatic rings. The number of rotatable bonds is 6. The topological polar surface area (TPSA) is 84.6 Å². The number of phenolic OH excluding ortho intramolecular Hbond substituents is 1. The summed E-state index contributed by atoms with van der Waals surface area (Å²) < 4.78 is 5.06. The van der Waals surface area contributed by atoms with Crippen molar-refractivity contribution in [3.63, 3.8) is 0 Å². The van der Waals surface area contributed by atoms with Crippen molar-refractivity contribution in [3.8, 4) is 11.5 Å². The minimum atomic E-state index is -0.449. The van der Waals surface area contributed by atoms with Crippen LogP contribution in [0.4, 0.5) is 5.69 Å². The lowest BCUT2D eigenvalue weighted by Crippen LogP contribution is -2.13. The molecule has 0 radical (unpaired) electrons. The molecule has 110 valence electrons. The zero-order chi connectivity index (χ0) is 15.2. The van der Waals surface area contributed by atoms with E-state index in [1.54, 1.807) is 18.2 Å². The van der Waals surface area contributed by atoms with Gasteiger partial charge in [0.15, 0.2) is 0 Å². The van der Waals surface area contributed by atoms with Gasteiger partial charge in [-0.15, -0.1) is 0 Å². The lowest BCUT2D eigenvalue weighted by atomic mass is 10.1. The number of nitro benzene ring substituents is 1. The maximum Gasteiger partial charge on any atom is 0.273 e. The highest BCUT2D eigenvalue weighted by Gasteiger charge is 2.10. The van der Waals surface area contributed by atoms with Gasteiger partial charge in [-0.25, -0.2) is 0 Å². The third-order valence-electron chi connectivity index (χ3n) is 3.03. The number of ether oxygens (including phenoxy) is 1. The Bertz CT molecular complexity index is 643. The number of nitro groups is 1. The van der Waals surface area contributed by atoms with Gasteiger partial charge in [-0.05, 0) is 17.7 Å². The lowest BCUT2D eigenvalue weighted by molar-refractivity contribution is -0.385. The molecule has 21 heavy (non-hydrogen) atoms. The Labute approximate surface area is 122 Å². The van der Waals surface area contributed by atoms with E-state index in [0.29, 0.717) is 18.8 Å². The van der Waals surface area contributed by atoms with Crippen LogP contribution < -0.4 is 10.1 Å². The summed E-state index contributed by atoms with van der Waals surface area (Å²) in [6, 6.07) is 11.7. The van der Waals surface area contributed by atoms with E-state index in [1.165, 1.54) is 19.2 Å². The molecule has 0 saturated carbocycles. The van der Waals surface area contributed by atoms with Crippen molar-refractivity contribution in [2.75, 3.05) is 7.11 Å². The van der Waals surface area contributed by atoms with Crippen molar-refractivity contribution in [2.24, 2.45) is 0 Å². The highest BCUT2D eigenvalue weighted by Crippen LogP contribution is 2.22. The second-order valence-electron chi connectivity index (χ2n) is 4.53. The van der Waals surface area contributed by atoms with Gasteiger partial charge in [0.25, 0.3) is 5.69 Å². The van der Waals surface area contributed by atoms with Crippen molar-refractivity contribution >= 4 is 5.69 Å². The molecule has 0 bridgehead atoms. The fraction of sp³-hybridized carbons (Fsp3) is 0.200. The van der Waals surface area contributed by atoms with Crippen molar-refractivity contribution in [1.29, 1.82) is 0 Å². The van der Waals surface area contributed by atoms with E-state index >= 15 is 0 Å². The molecule has 0 spiro atoms. The molecule has 0 fully saturated rings. The number of nitrogens with zero attached hydrogens (tertiary/aromatic N) is 1. The molecule has 0 amide bonds. The van der Waals surface area contributed by atoms with E-state index in [1.807, 2.05) is 12.1 Å². The third kappa shape index (κ3) is 3.93. The molecular formula is C15H16N2O4. The van der Waals surface area contributed by atoms with Gasteiger partial charge in [0, 0.05) is 24.7 Å². The smallest absolute Gasteiger partial charge is 0.273 e. The first kappa shape index (κ1) is 14.8. The summed E-state index contributed by atoms with van der Waals surface area (Å²) in [6.45, 7) is 0.907. The maximum absolute atomic E-state index is 10.9. The third-order valence-corrected chi connectivity index (χ3v) is 3.03. The second-order valence-corrected chi connectivity index (χ2v) is 4.53. The fourth-order valence-electron chi connectivity index (χ4n) is 1.97. The average Bonchev–Trinajstić information content (AvgIpc) is 2.49. The number of hydrogen-bond acceptors (Lipinski definition) is 5. The van der Waals surface area contributed by atoms with Crippen molar-refractivity contribution in [1.82, 2.24) is 5.32 Å². The van der Waals surface area contributed by atoms with Crippen LogP contribution in [0.5, 0.6) is 11.5 Å². The number of non-ortho nitro benzene ring substituents is 1. The van der Waals surface area contributed by atoms with Gasteiger partial charge in [0.1, 0.15) is 11.5 Å². The SMILES string of the molecule is COc1cc(CNCc2ccccc2O)cc([N+](=O)[O-])c1. The zero-order valence-electron chi connectivity index (χ0n) is 11.6. The minimum Gasteiger partial charge on any atom is -0.508 e. The maximum atomic E-state index is 10.9. The Morgan fingerprint density at radius 2 is 2.00 bits per heavy atom. The summed E-state index contributed by atoms with van der Waals surface area (Å²) in [4.78, 5) is 10.4. The van der Waals surface area contributed by atoms with Gasteiger partial charge >= 0.3 is 0 Å². The number of benzene rings is 2. The molecule has 0 aromatic heterocycles. The van der Waals surface area contributed by atoms with Crippen LogP contribution in [-0.2, 0) is 13.1 Å². The first-order valence-electron chi connectivity index (χ1n) is 6.40. The Kier molecular flexibility index (Phi) is 4.73. The Hall–Kier alpha value is -2.60. The summed E-state index contributed by atoms with van der Waals surface area (Å²) in [5.41, 5.74) is 1.51. The fourth-order valence-corrected chi connectivity index (χ4v) is 1.97. The van der Waals surface area contributed by atoms with E-state index in [0.717, 1.165) is 11.1 Å². The molecule has 0 aliphatic heterocycles. The standard InChI is InChI=1S/C15H16N2O4/c1-21-14-7-11(6-13(8-14)17(19)20)9-16-10-12-4-2-3-5-15(12)18/h2-8,16,18H,9-10H2,1H3. The van der Waals surface area contributed by atoms with E-state index in [-0.39, 0.29) is 11.4 Å². The minimum absolute atomic E-state index is 0.00583. The predicted octanol–water partition coefficient (Wildman–Crippen LogP) is 2.60. The molecule has 6 nitrogen and oxygen atoms in total. The monoisotopic (exact) mass is 288 g/mol. The molecule has 0 saturated heterocycles. The van der Waals surface area contributed by atoms with Gasteiger partial charge in [-0.3, -0.25) is 10.1 Å². The zero-order valence-corrected chi connectivity index (χ0v) is 11.6. The van der Waals surface area contributed by atoms with Gasteiger partial charge in [0.2, 0.25) is 0 Å². The molecule has 2 aromatic rings. The largest absolute Gasteiger partial charge is 0.508 e. The molecule has 0 heterocycles. The molecule has 0 aliphatic carbocycles. The van der Waals surface area contributed by atoms with Crippen LogP contribution >= 0.6 is 0 Å².